The van der Waals surface area contributed by atoms with Crippen molar-refractivity contribution in [3.63, 3.8) is 0 Å². The Morgan fingerprint density at radius 1 is 1.17 bits per heavy atom. The molecule has 0 radical (unpaired) electrons. The number of fused-ring (bicyclic) bond motifs is 1. The Hall–Kier alpha value is -2.24. The van der Waals surface area contributed by atoms with Gasteiger partial charge in [-0.3, -0.25) is 9.47 Å². The predicted molar refractivity (Wildman–Crippen MR) is 94.2 cm³/mol. The molecule has 0 amide bonds. The summed E-state index contributed by atoms with van der Waals surface area (Å²) in [6.45, 7) is 7.11. The number of imidazole rings is 1. The molecule has 0 saturated carbocycles. The molecule has 1 aliphatic rings. The number of nitrogens with zero attached hydrogens (tertiary/aromatic N) is 4. The average molecular weight is 322 g/mol. The van der Waals surface area contributed by atoms with Crippen molar-refractivity contribution in [3.05, 3.63) is 54.6 Å². The lowest BCUT2D eigenvalue weighted by molar-refractivity contribution is -0.0703. The molecule has 0 bridgehead atoms. The number of rotatable bonds is 3. The molecule has 0 unspecified atom stereocenters. The number of para-hydroxylation sites is 1. The predicted octanol–water partition coefficient (Wildman–Crippen LogP) is 3.03. The highest BCUT2D eigenvalue weighted by Crippen LogP contribution is 2.23. The fraction of sp³-hybridized carbons (Fsp3) is 0.368. The van der Waals surface area contributed by atoms with Crippen molar-refractivity contribution in [2.45, 2.75) is 32.6 Å². The van der Waals surface area contributed by atoms with Crippen LogP contribution in [0.5, 0.6) is 0 Å². The van der Waals surface area contributed by atoms with E-state index in [1.54, 1.807) is 12.5 Å². The van der Waals surface area contributed by atoms with Crippen molar-refractivity contribution in [1.29, 1.82) is 0 Å². The van der Waals surface area contributed by atoms with Crippen molar-refractivity contribution in [1.82, 2.24) is 19.4 Å². The van der Waals surface area contributed by atoms with Crippen LogP contribution in [0.25, 0.3) is 16.7 Å². The van der Waals surface area contributed by atoms with Gasteiger partial charge in [0.25, 0.3) is 0 Å². The fourth-order valence-electron chi connectivity index (χ4n) is 3.54. The zero-order chi connectivity index (χ0) is 16.5. The molecule has 1 aromatic carbocycles. The van der Waals surface area contributed by atoms with E-state index >= 15 is 0 Å². The molecule has 0 N–H and O–H groups in total. The van der Waals surface area contributed by atoms with Crippen LogP contribution in [0.1, 0.15) is 19.4 Å². The van der Waals surface area contributed by atoms with Crippen LogP contribution >= 0.6 is 0 Å². The molecular formula is C19H22N4O. The number of hydrogen-bond donors (Lipinski definition) is 0. The Bertz CT molecular complexity index is 821. The molecule has 3 heterocycles. The summed E-state index contributed by atoms with van der Waals surface area (Å²) in [5, 5.41) is 1.22. The summed E-state index contributed by atoms with van der Waals surface area (Å²) in [6.07, 6.45) is 6.05. The molecule has 0 spiro atoms. The second-order valence-corrected chi connectivity index (χ2v) is 6.58. The van der Waals surface area contributed by atoms with Crippen molar-refractivity contribution in [2.75, 3.05) is 13.1 Å². The van der Waals surface area contributed by atoms with Gasteiger partial charge < -0.3 is 4.74 Å². The Labute approximate surface area is 141 Å². The Kier molecular flexibility index (Phi) is 4.04. The lowest BCUT2D eigenvalue weighted by atomic mass is 10.1. The van der Waals surface area contributed by atoms with E-state index in [2.05, 4.69) is 48.0 Å². The second-order valence-electron chi connectivity index (χ2n) is 6.58. The van der Waals surface area contributed by atoms with Gasteiger partial charge in [-0.05, 0) is 31.5 Å². The molecule has 5 nitrogen and oxygen atoms in total. The molecule has 1 aliphatic heterocycles. The molecule has 0 aliphatic carbocycles. The monoisotopic (exact) mass is 322 g/mol. The molecule has 5 heteroatoms. The first-order chi connectivity index (χ1) is 11.7. The van der Waals surface area contributed by atoms with Gasteiger partial charge in [-0.1, -0.05) is 18.2 Å². The summed E-state index contributed by atoms with van der Waals surface area (Å²) in [5.74, 6) is 0.913. The topological polar surface area (TPSA) is 43.2 Å². The van der Waals surface area contributed by atoms with Crippen molar-refractivity contribution in [2.24, 2.45) is 0 Å². The van der Waals surface area contributed by atoms with Crippen LogP contribution < -0.4 is 0 Å². The van der Waals surface area contributed by atoms with E-state index in [0.717, 1.165) is 31.0 Å². The molecule has 1 saturated heterocycles. The van der Waals surface area contributed by atoms with Crippen LogP contribution in [0.15, 0.2) is 49.1 Å². The molecule has 24 heavy (non-hydrogen) atoms. The van der Waals surface area contributed by atoms with Crippen LogP contribution in [0.4, 0.5) is 0 Å². The zero-order valence-electron chi connectivity index (χ0n) is 14.1. The molecule has 2 aromatic heterocycles. The number of aromatic nitrogens is 3. The van der Waals surface area contributed by atoms with E-state index in [1.807, 2.05) is 16.8 Å². The van der Waals surface area contributed by atoms with Crippen molar-refractivity contribution < 1.29 is 4.74 Å². The van der Waals surface area contributed by atoms with Crippen LogP contribution in [-0.4, -0.2) is 44.7 Å². The SMILES string of the molecule is C[C@@H]1CN(Cc2cc(-n3ccnc3)nc3ccccc23)C[C@H](C)O1. The summed E-state index contributed by atoms with van der Waals surface area (Å²) in [7, 11) is 0. The van der Waals surface area contributed by atoms with Gasteiger partial charge in [0.1, 0.15) is 12.1 Å². The normalized spacial score (nSPS) is 22.1. The minimum Gasteiger partial charge on any atom is -0.373 e. The third kappa shape index (κ3) is 3.05. The molecule has 124 valence electrons. The highest BCUT2D eigenvalue weighted by atomic mass is 16.5. The zero-order valence-corrected chi connectivity index (χ0v) is 14.1. The highest BCUT2D eigenvalue weighted by Gasteiger charge is 2.22. The average Bonchev–Trinajstić information content (AvgIpc) is 3.08. The summed E-state index contributed by atoms with van der Waals surface area (Å²) in [5.41, 5.74) is 2.32. The summed E-state index contributed by atoms with van der Waals surface area (Å²) in [6, 6.07) is 10.5. The second kappa shape index (κ2) is 6.34. The van der Waals surface area contributed by atoms with Gasteiger partial charge in [-0.15, -0.1) is 0 Å². The Morgan fingerprint density at radius 3 is 2.71 bits per heavy atom. The minimum atomic E-state index is 0.273. The molecular weight excluding hydrogens is 300 g/mol. The molecule has 3 aromatic rings. The first-order valence-corrected chi connectivity index (χ1v) is 8.44. The first-order valence-electron chi connectivity index (χ1n) is 8.44. The number of benzene rings is 1. The van der Waals surface area contributed by atoms with Crippen LogP contribution in [0.2, 0.25) is 0 Å². The number of hydrogen-bond acceptors (Lipinski definition) is 4. The third-order valence-corrected chi connectivity index (χ3v) is 4.45. The maximum atomic E-state index is 5.86. The van der Waals surface area contributed by atoms with E-state index in [1.165, 1.54) is 10.9 Å². The van der Waals surface area contributed by atoms with Crippen molar-refractivity contribution >= 4 is 10.9 Å². The van der Waals surface area contributed by atoms with Gasteiger partial charge in [0, 0.05) is 37.4 Å². The smallest absolute Gasteiger partial charge is 0.138 e. The van der Waals surface area contributed by atoms with Crippen LogP contribution in [0.3, 0.4) is 0 Å². The summed E-state index contributed by atoms with van der Waals surface area (Å²) in [4.78, 5) is 11.4. The van der Waals surface area contributed by atoms with E-state index in [4.69, 9.17) is 9.72 Å². The lowest BCUT2D eigenvalue weighted by Crippen LogP contribution is -2.44. The summed E-state index contributed by atoms with van der Waals surface area (Å²) < 4.78 is 7.82. The Morgan fingerprint density at radius 2 is 1.96 bits per heavy atom. The maximum Gasteiger partial charge on any atom is 0.138 e. The Balaban J connectivity index is 1.73. The largest absolute Gasteiger partial charge is 0.373 e. The standard InChI is InChI=1S/C19H22N4O/c1-14-10-22(11-15(2)24-14)12-16-9-19(23-8-7-20-13-23)21-18-6-4-3-5-17(16)18/h3-9,13-15H,10-12H2,1-2H3/t14-,15+. The molecule has 1 fully saturated rings. The van der Waals surface area contributed by atoms with E-state index < -0.39 is 0 Å². The van der Waals surface area contributed by atoms with Gasteiger partial charge in [0.2, 0.25) is 0 Å². The van der Waals surface area contributed by atoms with Gasteiger partial charge in [0.15, 0.2) is 0 Å². The quantitative estimate of drug-likeness (QED) is 0.743. The number of morpholine rings is 1. The highest BCUT2D eigenvalue weighted by molar-refractivity contribution is 5.83. The van der Waals surface area contributed by atoms with E-state index in [9.17, 15) is 0 Å². The van der Waals surface area contributed by atoms with Gasteiger partial charge >= 0.3 is 0 Å². The first kappa shape index (κ1) is 15.3. The third-order valence-electron chi connectivity index (χ3n) is 4.45. The van der Waals surface area contributed by atoms with Crippen LogP contribution in [-0.2, 0) is 11.3 Å². The van der Waals surface area contributed by atoms with Crippen molar-refractivity contribution in [3.8, 4) is 5.82 Å². The van der Waals surface area contributed by atoms with Gasteiger partial charge in [0.05, 0.1) is 17.7 Å². The minimum absolute atomic E-state index is 0.273. The number of pyridine rings is 1. The van der Waals surface area contributed by atoms with E-state index in [0.29, 0.717) is 0 Å². The van der Waals surface area contributed by atoms with Gasteiger partial charge in [-0.2, -0.15) is 0 Å². The van der Waals surface area contributed by atoms with Gasteiger partial charge in [-0.25, -0.2) is 9.97 Å². The van der Waals surface area contributed by atoms with Crippen LogP contribution in [0, 0.1) is 0 Å². The molecule has 4 rings (SSSR count). The summed E-state index contributed by atoms with van der Waals surface area (Å²) >= 11 is 0. The molecule has 2 atom stereocenters. The number of ether oxygens (including phenoxy) is 1. The van der Waals surface area contributed by atoms with E-state index in [-0.39, 0.29) is 12.2 Å². The maximum absolute atomic E-state index is 5.86. The fourth-order valence-corrected chi connectivity index (χ4v) is 3.54. The lowest BCUT2D eigenvalue weighted by Gasteiger charge is -2.35.